The number of para-hydroxylation sites is 2. The fraction of sp³-hybridized carbons (Fsp3) is 0.222. The highest BCUT2D eigenvalue weighted by atomic mass is 32.2. The second-order valence-corrected chi connectivity index (χ2v) is 7.20. The van der Waals surface area contributed by atoms with Crippen molar-refractivity contribution < 1.29 is 17.9 Å². The van der Waals surface area contributed by atoms with Crippen LogP contribution in [0, 0.1) is 0 Å². The summed E-state index contributed by atoms with van der Waals surface area (Å²) in [5.41, 5.74) is 2.70. The highest BCUT2D eigenvalue weighted by Gasteiger charge is 2.24. The topological polar surface area (TPSA) is 106 Å². The van der Waals surface area contributed by atoms with Gasteiger partial charge < -0.3 is 14.5 Å². The summed E-state index contributed by atoms with van der Waals surface area (Å²) in [4.78, 5) is 3.22. The van der Waals surface area contributed by atoms with E-state index in [-0.39, 0.29) is 12.5 Å². The molecule has 3 rings (SSSR count). The molecule has 8 heteroatoms. The van der Waals surface area contributed by atoms with Crippen LogP contribution < -0.4 is 19.3 Å². The highest BCUT2D eigenvalue weighted by molar-refractivity contribution is 7.87. The maximum atomic E-state index is 11.5. The van der Waals surface area contributed by atoms with Gasteiger partial charge in [-0.25, -0.2) is 9.86 Å². The number of aromatic nitrogens is 1. The van der Waals surface area contributed by atoms with Crippen LogP contribution in [0.1, 0.15) is 17.0 Å². The Hall–Kier alpha value is -2.55. The van der Waals surface area contributed by atoms with Gasteiger partial charge in [0, 0.05) is 35.1 Å². The molecule has 2 aromatic carbocycles. The van der Waals surface area contributed by atoms with Crippen molar-refractivity contribution in [1.82, 2.24) is 9.71 Å². The molecule has 0 amide bonds. The Morgan fingerprint density at radius 3 is 2.54 bits per heavy atom. The summed E-state index contributed by atoms with van der Waals surface area (Å²) in [6.45, 7) is 0.0875. The van der Waals surface area contributed by atoms with Crippen LogP contribution in [0.3, 0.4) is 0 Å². The standard InChI is InChI=1S/C18H21N3O4S/c1-24-17-9-5-7-13(18(17)25-2)15(11-21-26(19,22)23)14-10-20-16-8-4-3-6-12(14)16/h3-10,15,20-21H,11H2,1-2H3,(H2,19,22,23). The number of nitrogens with one attached hydrogen (secondary N) is 2. The third kappa shape index (κ3) is 3.67. The summed E-state index contributed by atoms with van der Waals surface area (Å²) in [6.07, 6.45) is 1.87. The minimum absolute atomic E-state index is 0.0875. The van der Waals surface area contributed by atoms with Gasteiger partial charge in [0.25, 0.3) is 10.2 Å². The van der Waals surface area contributed by atoms with Crippen LogP contribution in [0.2, 0.25) is 0 Å². The van der Waals surface area contributed by atoms with Crippen molar-refractivity contribution in [3.05, 3.63) is 59.8 Å². The summed E-state index contributed by atoms with van der Waals surface area (Å²) in [5, 5.41) is 6.15. The second kappa shape index (κ2) is 7.36. The molecule has 1 atom stereocenters. The normalized spacial score (nSPS) is 12.9. The van der Waals surface area contributed by atoms with Gasteiger partial charge in [0.05, 0.1) is 14.2 Å². The summed E-state index contributed by atoms with van der Waals surface area (Å²) >= 11 is 0. The van der Waals surface area contributed by atoms with Gasteiger partial charge in [0.15, 0.2) is 11.5 Å². The van der Waals surface area contributed by atoms with Gasteiger partial charge in [-0.05, 0) is 17.7 Å². The molecule has 4 N–H and O–H groups in total. The largest absolute Gasteiger partial charge is 0.493 e. The monoisotopic (exact) mass is 375 g/mol. The molecule has 0 saturated carbocycles. The van der Waals surface area contributed by atoms with E-state index in [1.807, 2.05) is 42.6 Å². The van der Waals surface area contributed by atoms with Crippen LogP contribution in [0.15, 0.2) is 48.7 Å². The van der Waals surface area contributed by atoms with Crippen LogP contribution in [0.5, 0.6) is 11.5 Å². The van der Waals surface area contributed by atoms with Crippen LogP contribution in [-0.4, -0.2) is 34.2 Å². The summed E-state index contributed by atoms with van der Waals surface area (Å²) in [6, 6.07) is 13.3. The van der Waals surface area contributed by atoms with Crippen molar-refractivity contribution >= 4 is 21.1 Å². The molecule has 1 heterocycles. The first kappa shape index (κ1) is 18.2. The van der Waals surface area contributed by atoms with E-state index in [4.69, 9.17) is 14.6 Å². The molecular weight excluding hydrogens is 354 g/mol. The molecular formula is C18H21N3O4S. The number of rotatable bonds is 7. The van der Waals surface area contributed by atoms with Crippen molar-refractivity contribution in [2.45, 2.75) is 5.92 Å². The van der Waals surface area contributed by atoms with Crippen molar-refractivity contribution in [2.24, 2.45) is 5.14 Å². The van der Waals surface area contributed by atoms with E-state index in [1.165, 1.54) is 0 Å². The molecule has 1 unspecified atom stereocenters. The van der Waals surface area contributed by atoms with E-state index in [0.29, 0.717) is 11.5 Å². The number of H-pyrrole nitrogens is 1. The number of hydrogen-bond acceptors (Lipinski definition) is 4. The van der Waals surface area contributed by atoms with E-state index in [1.54, 1.807) is 20.3 Å². The first-order valence-corrected chi connectivity index (χ1v) is 9.53. The Morgan fingerprint density at radius 1 is 1.08 bits per heavy atom. The minimum Gasteiger partial charge on any atom is -0.493 e. The van der Waals surface area contributed by atoms with Crippen LogP contribution in [0.25, 0.3) is 10.9 Å². The third-order valence-electron chi connectivity index (χ3n) is 4.29. The Labute approximate surface area is 152 Å². The number of fused-ring (bicyclic) bond motifs is 1. The summed E-state index contributed by atoms with van der Waals surface area (Å²) in [5.74, 6) is 0.807. The molecule has 1 aromatic heterocycles. The number of methoxy groups -OCH3 is 2. The first-order chi connectivity index (χ1) is 12.4. The van der Waals surface area contributed by atoms with Gasteiger partial charge in [-0.15, -0.1) is 0 Å². The van der Waals surface area contributed by atoms with E-state index < -0.39 is 10.2 Å². The lowest BCUT2D eigenvalue weighted by Gasteiger charge is -2.21. The van der Waals surface area contributed by atoms with Crippen LogP contribution in [-0.2, 0) is 10.2 Å². The molecule has 0 aliphatic rings. The Kier molecular flexibility index (Phi) is 5.17. The maximum absolute atomic E-state index is 11.5. The first-order valence-electron chi connectivity index (χ1n) is 7.99. The molecule has 26 heavy (non-hydrogen) atoms. The lowest BCUT2D eigenvalue weighted by molar-refractivity contribution is 0.350. The van der Waals surface area contributed by atoms with Gasteiger partial charge in [0.1, 0.15) is 0 Å². The molecule has 0 bridgehead atoms. The molecule has 0 fully saturated rings. The van der Waals surface area contributed by atoms with Crippen LogP contribution >= 0.6 is 0 Å². The van der Waals surface area contributed by atoms with Crippen molar-refractivity contribution in [3.8, 4) is 11.5 Å². The number of nitrogens with two attached hydrogens (primary N) is 1. The average Bonchev–Trinajstić information content (AvgIpc) is 3.04. The molecule has 0 aliphatic heterocycles. The molecule has 3 aromatic rings. The smallest absolute Gasteiger partial charge is 0.274 e. The van der Waals surface area contributed by atoms with Gasteiger partial charge >= 0.3 is 0 Å². The van der Waals surface area contributed by atoms with Crippen LogP contribution in [0.4, 0.5) is 0 Å². The molecule has 0 saturated heterocycles. The van der Waals surface area contributed by atoms with Crippen molar-refractivity contribution in [1.29, 1.82) is 0 Å². The van der Waals surface area contributed by atoms with Gasteiger partial charge in [-0.2, -0.15) is 8.42 Å². The third-order valence-corrected chi connectivity index (χ3v) is 4.86. The second-order valence-electron chi connectivity index (χ2n) is 5.82. The number of aromatic amines is 1. The molecule has 138 valence electrons. The Balaban J connectivity index is 2.16. The van der Waals surface area contributed by atoms with E-state index >= 15 is 0 Å². The molecule has 0 spiro atoms. The highest BCUT2D eigenvalue weighted by Crippen LogP contribution is 2.40. The lowest BCUT2D eigenvalue weighted by atomic mass is 9.90. The summed E-state index contributed by atoms with van der Waals surface area (Å²) in [7, 11) is -0.722. The van der Waals surface area contributed by atoms with Crippen molar-refractivity contribution in [3.63, 3.8) is 0 Å². The quantitative estimate of drug-likeness (QED) is 0.588. The lowest BCUT2D eigenvalue weighted by Crippen LogP contribution is -2.34. The predicted octanol–water partition coefficient (Wildman–Crippen LogP) is 2.11. The Morgan fingerprint density at radius 2 is 1.85 bits per heavy atom. The maximum Gasteiger partial charge on any atom is 0.274 e. The fourth-order valence-electron chi connectivity index (χ4n) is 3.16. The predicted molar refractivity (Wildman–Crippen MR) is 101 cm³/mol. The molecule has 7 nitrogen and oxygen atoms in total. The SMILES string of the molecule is COc1cccc(C(CNS(N)(=O)=O)c2c[nH]c3ccccc23)c1OC. The summed E-state index contributed by atoms with van der Waals surface area (Å²) < 4.78 is 36.3. The zero-order valence-electron chi connectivity index (χ0n) is 14.5. The van der Waals surface area contributed by atoms with Gasteiger partial charge in [-0.3, -0.25) is 0 Å². The average molecular weight is 375 g/mol. The van der Waals surface area contributed by atoms with Crippen molar-refractivity contribution in [2.75, 3.05) is 20.8 Å². The Bertz CT molecular complexity index is 1010. The fourth-order valence-corrected chi connectivity index (χ4v) is 3.55. The van der Waals surface area contributed by atoms with E-state index in [2.05, 4.69) is 9.71 Å². The van der Waals surface area contributed by atoms with Gasteiger partial charge in [-0.1, -0.05) is 30.3 Å². The number of benzene rings is 2. The minimum atomic E-state index is -3.84. The van der Waals surface area contributed by atoms with E-state index in [9.17, 15) is 8.42 Å². The van der Waals surface area contributed by atoms with E-state index in [0.717, 1.165) is 22.0 Å². The zero-order chi connectivity index (χ0) is 18.7. The number of ether oxygens (including phenoxy) is 2. The molecule has 0 radical (unpaired) electrons. The molecule has 0 aliphatic carbocycles. The zero-order valence-corrected chi connectivity index (χ0v) is 15.3. The number of hydrogen-bond donors (Lipinski definition) is 3. The van der Waals surface area contributed by atoms with Gasteiger partial charge in [0.2, 0.25) is 0 Å².